The highest BCUT2D eigenvalue weighted by molar-refractivity contribution is 5.11. The highest BCUT2D eigenvalue weighted by Crippen LogP contribution is 2.66. The van der Waals surface area contributed by atoms with E-state index in [9.17, 15) is 0 Å². The lowest BCUT2D eigenvalue weighted by atomic mass is 9.70. The standard InChI is InChI=1S/C14H27NO/c1-12(2,9-15)16-11-8-10-6-7-14(11,5)13(10,3)4/h10-11H,6-9,15H2,1-5H3. The van der Waals surface area contributed by atoms with E-state index in [2.05, 4.69) is 34.6 Å². The summed E-state index contributed by atoms with van der Waals surface area (Å²) in [5.41, 5.74) is 6.38. The summed E-state index contributed by atoms with van der Waals surface area (Å²) in [6, 6.07) is 0. The zero-order valence-corrected chi connectivity index (χ0v) is 11.5. The van der Waals surface area contributed by atoms with E-state index in [-0.39, 0.29) is 5.60 Å². The van der Waals surface area contributed by atoms with E-state index in [1.165, 1.54) is 19.3 Å². The minimum atomic E-state index is -0.172. The van der Waals surface area contributed by atoms with Gasteiger partial charge in [0.2, 0.25) is 0 Å². The summed E-state index contributed by atoms with van der Waals surface area (Å²) >= 11 is 0. The molecule has 3 atom stereocenters. The van der Waals surface area contributed by atoms with Gasteiger partial charge in [0.15, 0.2) is 0 Å². The van der Waals surface area contributed by atoms with E-state index in [0.717, 1.165) is 5.92 Å². The van der Waals surface area contributed by atoms with E-state index < -0.39 is 0 Å². The molecule has 0 saturated heterocycles. The van der Waals surface area contributed by atoms with Crippen molar-refractivity contribution < 1.29 is 4.74 Å². The van der Waals surface area contributed by atoms with Crippen LogP contribution >= 0.6 is 0 Å². The number of ether oxygens (including phenoxy) is 1. The first-order chi connectivity index (χ1) is 7.23. The molecule has 2 fully saturated rings. The first-order valence-electron chi connectivity index (χ1n) is 6.61. The highest BCUT2D eigenvalue weighted by atomic mass is 16.5. The Morgan fingerprint density at radius 1 is 1.31 bits per heavy atom. The van der Waals surface area contributed by atoms with Crippen molar-refractivity contribution in [1.82, 2.24) is 0 Å². The second-order valence-electron chi connectivity index (χ2n) is 7.18. The number of hydrogen-bond donors (Lipinski definition) is 1. The molecule has 2 saturated carbocycles. The zero-order chi connectivity index (χ0) is 12.2. The lowest BCUT2D eigenvalue weighted by Crippen LogP contribution is -2.44. The summed E-state index contributed by atoms with van der Waals surface area (Å²) in [4.78, 5) is 0. The van der Waals surface area contributed by atoms with Gasteiger partial charge in [-0.25, -0.2) is 0 Å². The Kier molecular flexibility index (Phi) is 2.67. The van der Waals surface area contributed by atoms with E-state index in [1.54, 1.807) is 0 Å². The smallest absolute Gasteiger partial charge is 0.0752 e. The highest BCUT2D eigenvalue weighted by Gasteiger charge is 2.62. The van der Waals surface area contributed by atoms with Gasteiger partial charge < -0.3 is 10.5 Å². The third-order valence-corrected chi connectivity index (χ3v) is 5.67. The molecule has 0 spiro atoms. The molecule has 94 valence electrons. The third-order valence-electron chi connectivity index (χ3n) is 5.67. The monoisotopic (exact) mass is 225 g/mol. The van der Waals surface area contributed by atoms with Gasteiger partial charge in [-0.15, -0.1) is 0 Å². The maximum absolute atomic E-state index is 6.30. The Morgan fingerprint density at radius 2 is 1.94 bits per heavy atom. The fourth-order valence-electron chi connectivity index (χ4n) is 3.74. The molecule has 2 nitrogen and oxygen atoms in total. The third kappa shape index (κ3) is 1.53. The quantitative estimate of drug-likeness (QED) is 0.801. The Hall–Kier alpha value is -0.0800. The molecule has 16 heavy (non-hydrogen) atoms. The minimum absolute atomic E-state index is 0.172. The molecule has 0 aromatic heterocycles. The van der Waals surface area contributed by atoms with Crippen LogP contribution in [0.25, 0.3) is 0 Å². The molecule has 2 aliphatic rings. The van der Waals surface area contributed by atoms with Crippen molar-refractivity contribution in [2.45, 2.75) is 65.6 Å². The second kappa shape index (κ2) is 3.46. The predicted octanol–water partition coefficient (Wildman–Crippen LogP) is 2.96. The van der Waals surface area contributed by atoms with E-state index in [4.69, 9.17) is 10.5 Å². The first-order valence-corrected chi connectivity index (χ1v) is 6.61. The summed E-state index contributed by atoms with van der Waals surface area (Å²) in [7, 11) is 0. The molecule has 2 heteroatoms. The van der Waals surface area contributed by atoms with Gasteiger partial charge in [0.05, 0.1) is 11.7 Å². The fraction of sp³-hybridized carbons (Fsp3) is 1.00. The van der Waals surface area contributed by atoms with Crippen molar-refractivity contribution in [3.63, 3.8) is 0 Å². The van der Waals surface area contributed by atoms with Gasteiger partial charge in [-0.2, -0.15) is 0 Å². The Bertz CT molecular complexity index is 284. The van der Waals surface area contributed by atoms with Crippen molar-refractivity contribution in [3.8, 4) is 0 Å². The lowest BCUT2D eigenvalue weighted by molar-refractivity contribution is -0.123. The van der Waals surface area contributed by atoms with Crippen molar-refractivity contribution in [1.29, 1.82) is 0 Å². The van der Waals surface area contributed by atoms with Gasteiger partial charge in [-0.1, -0.05) is 20.8 Å². The molecule has 0 aromatic carbocycles. The molecule has 3 unspecified atom stereocenters. The molecule has 0 aliphatic heterocycles. The predicted molar refractivity (Wildman–Crippen MR) is 67.2 cm³/mol. The van der Waals surface area contributed by atoms with Crippen molar-refractivity contribution in [3.05, 3.63) is 0 Å². The first kappa shape index (κ1) is 12.4. The van der Waals surface area contributed by atoms with Crippen LogP contribution in [0.2, 0.25) is 0 Å². The molecular weight excluding hydrogens is 198 g/mol. The van der Waals surface area contributed by atoms with E-state index in [1.807, 2.05) is 0 Å². The largest absolute Gasteiger partial charge is 0.370 e. The van der Waals surface area contributed by atoms with Crippen molar-refractivity contribution in [2.24, 2.45) is 22.5 Å². The number of fused-ring (bicyclic) bond motifs is 2. The van der Waals surface area contributed by atoms with E-state index in [0.29, 0.717) is 23.5 Å². The number of rotatable bonds is 3. The zero-order valence-electron chi connectivity index (χ0n) is 11.5. The molecule has 2 aliphatic carbocycles. The van der Waals surface area contributed by atoms with Crippen LogP contribution in [-0.4, -0.2) is 18.2 Å². The molecule has 2 N–H and O–H groups in total. The Morgan fingerprint density at radius 3 is 2.31 bits per heavy atom. The molecule has 0 aromatic rings. The van der Waals surface area contributed by atoms with E-state index >= 15 is 0 Å². The normalized spacial score (nSPS) is 41.6. The van der Waals surface area contributed by atoms with Crippen LogP contribution in [-0.2, 0) is 4.74 Å². The molecule has 0 heterocycles. The van der Waals surface area contributed by atoms with Crippen LogP contribution in [0.1, 0.15) is 53.9 Å². The summed E-state index contributed by atoms with van der Waals surface area (Å²) in [5.74, 6) is 0.844. The molecule has 2 rings (SSSR count). The minimum Gasteiger partial charge on any atom is -0.370 e. The average Bonchev–Trinajstić information content (AvgIpc) is 2.50. The summed E-state index contributed by atoms with van der Waals surface area (Å²) in [6.45, 7) is 12.1. The SMILES string of the molecule is CC(C)(CN)OC1CC2CCC1(C)C2(C)C. The van der Waals surface area contributed by atoms with Crippen LogP contribution in [0.5, 0.6) is 0 Å². The van der Waals surface area contributed by atoms with Gasteiger partial charge in [0, 0.05) is 6.54 Å². The van der Waals surface area contributed by atoms with Gasteiger partial charge in [-0.05, 0) is 49.9 Å². The van der Waals surface area contributed by atoms with Gasteiger partial charge in [-0.3, -0.25) is 0 Å². The van der Waals surface area contributed by atoms with Crippen LogP contribution < -0.4 is 5.73 Å². The Labute approximate surface area is 99.9 Å². The topological polar surface area (TPSA) is 35.2 Å². The van der Waals surface area contributed by atoms with Gasteiger partial charge in [0.25, 0.3) is 0 Å². The summed E-state index contributed by atoms with van der Waals surface area (Å²) in [5, 5.41) is 0. The summed E-state index contributed by atoms with van der Waals surface area (Å²) in [6.07, 6.45) is 4.33. The Balaban J connectivity index is 2.16. The van der Waals surface area contributed by atoms with Crippen LogP contribution in [0.3, 0.4) is 0 Å². The number of hydrogen-bond acceptors (Lipinski definition) is 2. The molecular formula is C14H27NO. The summed E-state index contributed by atoms with van der Waals surface area (Å²) < 4.78 is 6.30. The maximum atomic E-state index is 6.30. The van der Waals surface area contributed by atoms with Gasteiger partial charge >= 0.3 is 0 Å². The molecule has 0 radical (unpaired) electrons. The van der Waals surface area contributed by atoms with Crippen LogP contribution in [0, 0.1) is 16.7 Å². The average molecular weight is 225 g/mol. The van der Waals surface area contributed by atoms with Crippen LogP contribution in [0.4, 0.5) is 0 Å². The molecule has 2 bridgehead atoms. The van der Waals surface area contributed by atoms with Crippen molar-refractivity contribution >= 4 is 0 Å². The molecule has 0 amide bonds. The lowest BCUT2D eigenvalue weighted by Gasteiger charge is -2.42. The fourth-order valence-corrected chi connectivity index (χ4v) is 3.74. The number of nitrogens with two attached hydrogens (primary N) is 1. The van der Waals surface area contributed by atoms with Crippen molar-refractivity contribution in [2.75, 3.05) is 6.54 Å². The van der Waals surface area contributed by atoms with Gasteiger partial charge in [0.1, 0.15) is 0 Å². The van der Waals surface area contributed by atoms with Crippen LogP contribution in [0.15, 0.2) is 0 Å². The second-order valence-corrected chi connectivity index (χ2v) is 7.18. The maximum Gasteiger partial charge on any atom is 0.0752 e.